The second-order valence-electron chi connectivity index (χ2n) is 5.34. The van der Waals surface area contributed by atoms with Crippen molar-refractivity contribution in [2.45, 2.75) is 6.67 Å². The van der Waals surface area contributed by atoms with Crippen molar-refractivity contribution in [2.24, 2.45) is 4.99 Å². The molecule has 1 aliphatic heterocycles. The minimum atomic E-state index is -0.0388. The minimum Gasteiger partial charge on any atom is -0.334 e. The van der Waals surface area contributed by atoms with Gasteiger partial charge in [0, 0.05) is 16.9 Å². The van der Waals surface area contributed by atoms with Crippen LogP contribution in [-0.4, -0.2) is 16.2 Å². The molecular formula is C17H13ClN4OS. The summed E-state index contributed by atoms with van der Waals surface area (Å²) in [6.07, 6.45) is 3.52. The predicted octanol–water partition coefficient (Wildman–Crippen LogP) is 1.84. The molecule has 3 aromatic rings. The van der Waals surface area contributed by atoms with Gasteiger partial charge in [0.05, 0.1) is 10.2 Å². The van der Waals surface area contributed by atoms with Crippen molar-refractivity contribution < 1.29 is 0 Å². The topological polar surface area (TPSA) is 50.5 Å². The maximum Gasteiger partial charge on any atom is 0.271 e. The highest BCUT2D eigenvalue weighted by Gasteiger charge is 2.15. The van der Waals surface area contributed by atoms with Crippen molar-refractivity contribution in [1.82, 2.24) is 9.55 Å². The van der Waals surface area contributed by atoms with E-state index in [9.17, 15) is 4.79 Å². The molecule has 0 saturated heterocycles. The molecule has 5 nitrogen and oxygen atoms in total. The smallest absolute Gasteiger partial charge is 0.271 e. The Bertz CT molecular complexity index is 1040. The van der Waals surface area contributed by atoms with Crippen molar-refractivity contribution in [1.29, 1.82) is 0 Å². The quantitative estimate of drug-likeness (QED) is 0.704. The highest BCUT2D eigenvalue weighted by molar-refractivity contribution is 7.07. The highest BCUT2D eigenvalue weighted by atomic mass is 35.5. The lowest BCUT2D eigenvalue weighted by Crippen LogP contribution is -2.42. The molecule has 24 heavy (non-hydrogen) atoms. The van der Waals surface area contributed by atoms with E-state index >= 15 is 0 Å². The summed E-state index contributed by atoms with van der Waals surface area (Å²) in [4.78, 5) is 24.2. The van der Waals surface area contributed by atoms with E-state index in [4.69, 9.17) is 11.6 Å². The van der Waals surface area contributed by atoms with Gasteiger partial charge in [-0.05, 0) is 42.5 Å². The Morgan fingerprint density at radius 3 is 2.75 bits per heavy atom. The van der Waals surface area contributed by atoms with E-state index in [2.05, 4.69) is 9.98 Å². The van der Waals surface area contributed by atoms with E-state index in [0.29, 0.717) is 22.9 Å². The average molecular weight is 357 g/mol. The van der Waals surface area contributed by atoms with Crippen LogP contribution in [0.3, 0.4) is 0 Å². The van der Waals surface area contributed by atoms with Crippen molar-refractivity contribution in [2.75, 3.05) is 11.6 Å². The van der Waals surface area contributed by atoms with E-state index in [0.717, 1.165) is 16.2 Å². The molecule has 120 valence electrons. The molecule has 0 unspecified atom stereocenters. The summed E-state index contributed by atoms with van der Waals surface area (Å²) in [7, 11) is 0. The van der Waals surface area contributed by atoms with Gasteiger partial charge in [0.15, 0.2) is 4.80 Å². The molecule has 0 aliphatic carbocycles. The summed E-state index contributed by atoms with van der Waals surface area (Å²) < 4.78 is 2.34. The monoisotopic (exact) mass is 356 g/mol. The van der Waals surface area contributed by atoms with Crippen LogP contribution >= 0.6 is 22.9 Å². The van der Waals surface area contributed by atoms with Crippen LogP contribution in [0.1, 0.15) is 5.69 Å². The van der Waals surface area contributed by atoms with E-state index in [-0.39, 0.29) is 5.56 Å². The largest absolute Gasteiger partial charge is 0.334 e. The van der Waals surface area contributed by atoms with Crippen molar-refractivity contribution >= 4 is 34.7 Å². The zero-order valence-electron chi connectivity index (χ0n) is 12.6. The van der Waals surface area contributed by atoms with Gasteiger partial charge in [0.2, 0.25) is 0 Å². The first kappa shape index (κ1) is 15.1. The van der Waals surface area contributed by atoms with Crippen LogP contribution in [0.25, 0.3) is 6.08 Å². The third kappa shape index (κ3) is 2.86. The molecular weight excluding hydrogens is 344 g/mol. The molecule has 3 heterocycles. The van der Waals surface area contributed by atoms with E-state index in [1.807, 2.05) is 47.4 Å². The third-order valence-electron chi connectivity index (χ3n) is 3.74. The molecule has 7 heteroatoms. The van der Waals surface area contributed by atoms with Crippen LogP contribution in [0, 0.1) is 0 Å². The van der Waals surface area contributed by atoms with Crippen LogP contribution < -0.4 is 19.8 Å². The number of hydrogen-bond donors (Lipinski definition) is 0. The number of benzene rings is 1. The standard InChI is InChI=1S/C17H13ClN4OS/c18-12-4-6-14(7-5-12)21-10-20-17-22(11-21)16(23)15(24-17)9-13-3-1-2-8-19-13/h1-9H,10-11H2/b15-9+. The minimum absolute atomic E-state index is 0.0388. The molecule has 0 saturated carbocycles. The summed E-state index contributed by atoms with van der Waals surface area (Å²) >= 11 is 7.33. The number of anilines is 1. The second-order valence-corrected chi connectivity index (χ2v) is 6.78. The second kappa shape index (κ2) is 6.22. The number of thiazole rings is 1. The van der Waals surface area contributed by atoms with E-state index in [1.165, 1.54) is 11.3 Å². The van der Waals surface area contributed by atoms with Gasteiger partial charge in [-0.2, -0.15) is 0 Å². The van der Waals surface area contributed by atoms with Crippen LogP contribution in [-0.2, 0) is 6.67 Å². The van der Waals surface area contributed by atoms with Crippen molar-refractivity contribution in [3.8, 4) is 0 Å². The fourth-order valence-electron chi connectivity index (χ4n) is 2.52. The summed E-state index contributed by atoms with van der Waals surface area (Å²) in [6.45, 7) is 0.996. The maximum atomic E-state index is 12.7. The predicted molar refractivity (Wildman–Crippen MR) is 96.0 cm³/mol. The summed E-state index contributed by atoms with van der Waals surface area (Å²) in [6, 6.07) is 13.2. The van der Waals surface area contributed by atoms with Crippen LogP contribution in [0.5, 0.6) is 0 Å². The molecule has 0 N–H and O–H groups in total. The fraction of sp³-hybridized carbons (Fsp3) is 0.118. The van der Waals surface area contributed by atoms with Crippen molar-refractivity contribution in [3.05, 3.63) is 79.1 Å². The summed E-state index contributed by atoms with van der Waals surface area (Å²) in [5.74, 6) is 0. The number of nitrogens with zero attached hydrogens (tertiary/aromatic N) is 4. The normalized spacial score (nSPS) is 14.4. The molecule has 0 spiro atoms. The Balaban J connectivity index is 1.71. The number of aromatic nitrogens is 2. The van der Waals surface area contributed by atoms with Gasteiger partial charge in [0.25, 0.3) is 5.56 Å². The average Bonchev–Trinajstić information content (AvgIpc) is 2.92. The highest BCUT2D eigenvalue weighted by Crippen LogP contribution is 2.18. The molecule has 0 bridgehead atoms. The van der Waals surface area contributed by atoms with Gasteiger partial charge >= 0.3 is 0 Å². The molecule has 0 radical (unpaired) electrons. The molecule has 2 aromatic heterocycles. The van der Waals surface area contributed by atoms with E-state index in [1.54, 1.807) is 16.8 Å². The molecule has 0 amide bonds. The molecule has 0 atom stereocenters. The number of fused-ring (bicyclic) bond motifs is 1. The lowest BCUT2D eigenvalue weighted by atomic mass is 10.3. The number of halogens is 1. The van der Waals surface area contributed by atoms with Gasteiger partial charge in [-0.1, -0.05) is 29.0 Å². The molecule has 1 aromatic carbocycles. The zero-order chi connectivity index (χ0) is 16.5. The summed E-state index contributed by atoms with van der Waals surface area (Å²) in [5.41, 5.74) is 1.72. The molecule has 4 rings (SSSR count). The Kier molecular flexibility index (Phi) is 3.92. The van der Waals surface area contributed by atoms with Crippen LogP contribution in [0.15, 0.2) is 58.4 Å². The van der Waals surface area contributed by atoms with E-state index < -0.39 is 0 Å². The first-order valence-electron chi connectivity index (χ1n) is 7.38. The Labute approximate surface area is 146 Å². The number of hydrogen-bond acceptors (Lipinski definition) is 5. The Morgan fingerprint density at radius 1 is 1.17 bits per heavy atom. The van der Waals surface area contributed by atoms with Gasteiger partial charge < -0.3 is 4.90 Å². The Morgan fingerprint density at radius 2 is 2.00 bits per heavy atom. The first-order valence-corrected chi connectivity index (χ1v) is 8.57. The van der Waals surface area contributed by atoms with Gasteiger partial charge in [-0.25, -0.2) is 4.99 Å². The van der Waals surface area contributed by atoms with Crippen LogP contribution in [0.4, 0.5) is 5.69 Å². The lowest BCUT2D eigenvalue weighted by molar-refractivity contribution is 0.569. The van der Waals surface area contributed by atoms with Gasteiger partial charge in [-0.3, -0.25) is 14.3 Å². The lowest BCUT2D eigenvalue weighted by Gasteiger charge is -2.25. The fourth-order valence-corrected chi connectivity index (χ4v) is 3.60. The Hall–Kier alpha value is -2.44. The molecule has 1 aliphatic rings. The van der Waals surface area contributed by atoms with Crippen LogP contribution in [0.2, 0.25) is 5.02 Å². The first-order chi connectivity index (χ1) is 11.7. The maximum absolute atomic E-state index is 12.7. The van der Waals surface area contributed by atoms with Crippen molar-refractivity contribution in [3.63, 3.8) is 0 Å². The van der Waals surface area contributed by atoms with Gasteiger partial charge in [0.1, 0.15) is 13.3 Å². The zero-order valence-corrected chi connectivity index (χ0v) is 14.2. The number of rotatable bonds is 2. The summed E-state index contributed by atoms with van der Waals surface area (Å²) in [5, 5.41) is 0.688. The third-order valence-corrected chi connectivity index (χ3v) is 5.03. The van der Waals surface area contributed by atoms with Gasteiger partial charge in [-0.15, -0.1) is 0 Å². The molecule has 0 fully saturated rings. The SMILES string of the molecule is O=c1/c(=C\c2ccccn2)sc2n1CN(c1ccc(Cl)cc1)CN=2. The number of pyridine rings is 1.